The normalized spacial score (nSPS) is 16.6. The maximum absolute atomic E-state index is 13.1. The summed E-state index contributed by atoms with van der Waals surface area (Å²) in [6.45, 7) is 1.14. The molecule has 1 fully saturated rings. The van der Waals surface area contributed by atoms with Gasteiger partial charge in [0.1, 0.15) is 5.82 Å². The number of amides is 1. The Hall–Kier alpha value is -3.49. The number of carbonyl (C=O) groups excluding carboxylic acids is 1. The molecule has 0 aliphatic carbocycles. The fraction of sp³-hybridized carbons (Fsp3) is 0.261. The summed E-state index contributed by atoms with van der Waals surface area (Å²) >= 11 is 0. The van der Waals surface area contributed by atoms with E-state index in [4.69, 9.17) is 0 Å². The number of piperidine rings is 1. The number of hydrogen-bond acceptors (Lipinski definition) is 4. The zero-order chi connectivity index (χ0) is 22.7. The lowest BCUT2D eigenvalue weighted by molar-refractivity contribution is -0.137. The summed E-state index contributed by atoms with van der Waals surface area (Å²) < 4.78 is 51.2. The molecule has 1 aromatic heterocycles. The van der Waals surface area contributed by atoms with Crippen molar-refractivity contribution in [1.29, 1.82) is 0 Å². The van der Waals surface area contributed by atoms with Crippen molar-refractivity contribution in [1.82, 2.24) is 10.2 Å². The van der Waals surface area contributed by atoms with Crippen LogP contribution in [0.25, 0.3) is 11.3 Å². The van der Waals surface area contributed by atoms with Crippen LogP contribution in [0.2, 0.25) is 0 Å². The largest absolute Gasteiger partial charge is 0.416 e. The summed E-state index contributed by atoms with van der Waals surface area (Å²) in [5, 5.41) is 11.2. The Bertz CT molecular complexity index is 1070. The molecule has 2 aromatic carbocycles. The number of carbonyl (C=O) groups is 1. The van der Waals surface area contributed by atoms with Gasteiger partial charge in [-0.1, -0.05) is 0 Å². The van der Waals surface area contributed by atoms with E-state index in [0.29, 0.717) is 36.7 Å². The van der Waals surface area contributed by atoms with E-state index in [-0.39, 0.29) is 17.6 Å². The lowest BCUT2D eigenvalue weighted by Crippen LogP contribution is -2.41. The van der Waals surface area contributed by atoms with Crippen LogP contribution in [0.1, 0.15) is 18.4 Å². The summed E-state index contributed by atoms with van der Waals surface area (Å²) in [5.74, 6) is -0.273. The predicted molar refractivity (Wildman–Crippen MR) is 112 cm³/mol. The Morgan fingerprint density at radius 3 is 2.31 bits per heavy atom. The van der Waals surface area contributed by atoms with Crippen LogP contribution >= 0.6 is 0 Å². The smallest absolute Gasteiger partial charge is 0.354 e. The van der Waals surface area contributed by atoms with Crippen molar-refractivity contribution in [3.63, 3.8) is 0 Å². The third-order valence-corrected chi connectivity index (χ3v) is 5.39. The number of rotatable bonds is 4. The summed E-state index contributed by atoms with van der Waals surface area (Å²) in [7, 11) is 0. The Kier molecular flexibility index (Phi) is 6.07. The Morgan fingerprint density at radius 1 is 0.969 bits per heavy atom. The first-order valence-electron chi connectivity index (χ1n) is 10.1. The molecule has 4 rings (SSSR count). The average molecular weight is 444 g/mol. The second-order valence-electron chi connectivity index (χ2n) is 7.63. The number of nitrogens with zero attached hydrogens (tertiary/aromatic N) is 3. The number of hydrogen-bond donors (Lipinski definition) is 1. The van der Waals surface area contributed by atoms with Crippen molar-refractivity contribution in [2.24, 2.45) is 5.92 Å². The van der Waals surface area contributed by atoms with Gasteiger partial charge in [0.15, 0.2) is 5.82 Å². The fourth-order valence-corrected chi connectivity index (χ4v) is 3.65. The molecule has 1 amide bonds. The second-order valence-corrected chi connectivity index (χ2v) is 7.63. The minimum Gasteiger partial charge on any atom is -0.354 e. The van der Waals surface area contributed by atoms with Crippen molar-refractivity contribution in [2.45, 2.75) is 19.0 Å². The summed E-state index contributed by atoms with van der Waals surface area (Å²) in [6.07, 6.45) is -2.98. The van der Waals surface area contributed by atoms with Gasteiger partial charge in [-0.05, 0) is 73.5 Å². The first-order chi connectivity index (χ1) is 15.3. The van der Waals surface area contributed by atoms with Gasteiger partial charge in [-0.15, -0.1) is 10.2 Å². The Labute approximate surface area is 182 Å². The van der Waals surface area contributed by atoms with Crippen LogP contribution in [0, 0.1) is 11.7 Å². The molecule has 0 bridgehead atoms. The highest BCUT2D eigenvalue weighted by atomic mass is 19.4. The highest BCUT2D eigenvalue weighted by Crippen LogP contribution is 2.30. The van der Waals surface area contributed by atoms with Gasteiger partial charge in [-0.3, -0.25) is 4.79 Å². The standard InChI is InChI=1S/C23H20F4N4O/c24-18-7-3-15(4-8-18)20-11-12-21(30-29-20)31-13-1-2-16(14-31)22(32)28-19-9-5-17(6-10-19)23(25,26)27/h3-12,16H,1-2,13-14H2,(H,28,32). The summed E-state index contributed by atoms with van der Waals surface area (Å²) in [4.78, 5) is 14.6. The van der Waals surface area contributed by atoms with Crippen LogP contribution in [0.5, 0.6) is 0 Å². The molecule has 1 aliphatic heterocycles. The van der Waals surface area contributed by atoms with Crippen LogP contribution in [0.15, 0.2) is 60.7 Å². The monoisotopic (exact) mass is 444 g/mol. The van der Waals surface area contributed by atoms with Gasteiger partial charge in [0.05, 0.1) is 17.2 Å². The first-order valence-corrected chi connectivity index (χ1v) is 10.1. The Balaban J connectivity index is 1.39. The lowest BCUT2D eigenvalue weighted by atomic mass is 9.97. The van der Waals surface area contributed by atoms with Crippen molar-refractivity contribution in [3.05, 3.63) is 72.0 Å². The number of aromatic nitrogens is 2. The predicted octanol–water partition coefficient (Wildman–Crippen LogP) is 5.16. The van der Waals surface area contributed by atoms with Gasteiger partial charge in [0.25, 0.3) is 0 Å². The average Bonchev–Trinajstić information content (AvgIpc) is 2.79. The minimum absolute atomic E-state index is 0.245. The van der Waals surface area contributed by atoms with E-state index < -0.39 is 11.7 Å². The number of benzene rings is 2. The third-order valence-electron chi connectivity index (χ3n) is 5.39. The van der Waals surface area contributed by atoms with E-state index in [2.05, 4.69) is 15.5 Å². The highest BCUT2D eigenvalue weighted by molar-refractivity contribution is 5.93. The maximum Gasteiger partial charge on any atom is 0.416 e. The van der Waals surface area contributed by atoms with E-state index in [1.165, 1.54) is 24.3 Å². The molecule has 1 atom stereocenters. The molecule has 32 heavy (non-hydrogen) atoms. The van der Waals surface area contributed by atoms with E-state index in [0.717, 1.165) is 24.1 Å². The number of halogens is 4. The number of alkyl halides is 3. The SMILES string of the molecule is O=C(Nc1ccc(C(F)(F)F)cc1)C1CCCN(c2ccc(-c3ccc(F)cc3)nn2)C1. The van der Waals surface area contributed by atoms with Crippen LogP contribution in [-0.4, -0.2) is 29.2 Å². The zero-order valence-corrected chi connectivity index (χ0v) is 16.9. The van der Waals surface area contributed by atoms with Crippen LogP contribution in [-0.2, 0) is 11.0 Å². The van der Waals surface area contributed by atoms with E-state index >= 15 is 0 Å². The van der Waals surface area contributed by atoms with Gasteiger partial charge in [0, 0.05) is 24.3 Å². The van der Waals surface area contributed by atoms with Gasteiger partial charge < -0.3 is 10.2 Å². The zero-order valence-electron chi connectivity index (χ0n) is 16.9. The second kappa shape index (κ2) is 8.94. The van der Waals surface area contributed by atoms with Crippen molar-refractivity contribution in [2.75, 3.05) is 23.3 Å². The van der Waals surface area contributed by atoms with Crippen LogP contribution < -0.4 is 10.2 Å². The molecule has 166 valence electrons. The minimum atomic E-state index is -4.42. The van der Waals surface area contributed by atoms with Gasteiger partial charge in [-0.2, -0.15) is 13.2 Å². The number of nitrogens with one attached hydrogen (secondary N) is 1. The molecule has 3 aromatic rings. The lowest BCUT2D eigenvalue weighted by Gasteiger charge is -2.32. The molecule has 0 saturated carbocycles. The molecular formula is C23H20F4N4O. The van der Waals surface area contributed by atoms with Crippen molar-refractivity contribution in [3.8, 4) is 11.3 Å². The third kappa shape index (κ3) is 5.04. The fourth-order valence-electron chi connectivity index (χ4n) is 3.65. The van der Waals surface area contributed by atoms with Gasteiger partial charge in [-0.25, -0.2) is 4.39 Å². The topological polar surface area (TPSA) is 58.1 Å². The number of anilines is 2. The molecule has 9 heteroatoms. The molecule has 1 aliphatic rings. The van der Waals surface area contributed by atoms with E-state index in [9.17, 15) is 22.4 Å². The van der Waals surface area contributed by atoms with E-state index in [1.807, 2.05) is 11.0 Å². The van der Waals surface area contributed by atoms with Crippen molar-refractivity contribution >= 4 is 17.4 Å². The van der Waals surface area contributed by atoms with Crippen molar-refractivity contribution < 1.29 is 22.4 Å². The summed E-state index contributed by atoms with van der Waals surface area (Å²) in [5.41, 5.74) is 0.922. The first kappa shape index (κ1) is 21.7. The van der Waals surface area contributed by atoms with E-state index in [1.54, 1.807) is 18.2 Å². The van der Waals surface area contributed by atoms with Gasteiger partial charge >= 0.3 is 6.18 Å². The molecule has 5 nitrogen and oxygen atoms in total. The molecule has 1 unspecified atom stereocenters. The Morgan fingerprint density at radius 2 is 1.69 bits per heavy atom. The highest BCUT2D eigenvalue weighted by Gasteiger charge is 2.30. The molecule has 0 spiro atoms. The maximum atomic E-state index is 13.1. The molecule has 1 saturated heterocycles. The summed E-state index contributed by atoms with van der Waals surface area (Å²) in [6, 6.07) is 14.0. The molecular weight excluding hydrogens is 424 g/mol. The molecule has 0 radical (unpaired) electrons. The van der Waals surface area contributed by atoms with Crippen LogP contribution in [0.4, 0.5) is 29.1 Å². The van der Waals surface area contributed by atoms with Crippen LogP contribution in [0.3, 0.4) is 0 Å². The molecule has 1 N–H and O–H groups in total. The quantitative estimate of drug-likeness (QED) is 0.565. The molecule has 2 heterocycles. The van der Waals surface area contributed by atoms with Gasteiger partial charge in [0.2, 0.25) is 5.91 Å².